The van der Waals surface area contributed by atoms with Gasteiger partial charge in [-0.05, 0) is 30.2 Å². The lowest BCUT2D eigenvalue weighted by Gasteiger charge is -2.08. The van der Waals surface area contributed by atoms with Crippen molar-refractivity contribution < 1.29 is 24.0 Å². The van der Waals surface area contributed by atoms with E-state index in [1.165, 1.54) is 6.07 Å². The van der Waals surface area contributed by atoms with Gasteiger partial charge >= 0.3 is 5.97 Å². The summed E-state index contributed by atoms with van der Waals surface area (Å²) in [6.07, 6.45) is 0.610. The first-order valence-electron chi connectivity index (χ1n) is 8.01. The predicted molar refractivity (Wildman–Crippen MR) is 97.5 cm³/mol. The van der Waals surface area contributed by atoms with Gasteiger partial charge in [0, 0.05) is 18.7 Å². The number of hydrogen-bond acceptors (Lipinski definition) is 7. The van der Waals surface area contributed by atoms with E-state index in [-0.39, 0.29) is 16.9 Å². The molecule has 0 spiro atoms. The third-order valence-corrected chi connectivity index (χ3v) is 3.70. The van der Waals surface area contributed by atoms with Crippen LogP contribution in [0.4, 0.5) is 11.4 Å². The number of rotatable bonds is 8. The van der Waals surface area contributed by atoms with Gasteiger partial charge in [0.2, 0.25) is 0 Å². The zero-order valence-corrected chi connectivity index (χ0v) is 14.6. The maximum Gasteiger partial charge on any atom is 0.340 e. The van der Waals surface area contributed by atoms with E-state index in [4.69, 9.17) is 15.2 Å². The van der Waals surface area contributed by atoms with Gasteiger partial charge in [-0.1, -0.05) is 12.1 Å². The lowest BCUT2D eigenvalue weighted by molar-refractivity contribution is -0.384. The Kier molecular flexibility index (Phi) is 6.70. The number of methoxy groups -OCH3 is 1. The van der Waals surface area contributed by atoms with Gasteiger partial charge in [0.05, 0.1) is 23.3 Å². The number of hydrogen-bond donors (Lipinski definition) is 2. The van der Waals surface area contributed by atoms with E-state index >= 15 is 0 Å². The van der Waals surface area contributed by atoms with Crippen molar-refractivity contribution in [2.75, 3.05) is 26.0 Å². The number of nitrogens with zero attached hydrogens (tertiary/aromatic N) is 1. The second kappa shape index (κ2) is 9.18. The average molecular weight is 373 g/mol. The zero-order chi connectivity index (χ0) is 19.8. The maximum absolute atomic E-state index is 11.9. The summed E-state index contributed by atoms with van der Waals surface area (Å²) in [5, 5.41) is 13.3. The second-order valence-corrected chi connectivity index (χ2v) is 5.55. The van der Waals surface area contributed by atoms with Crippen LogP contribution in [0.5, 0.6) is 5.75 Å². The van der Waals surface area contributed by atoms with Crippen LogP contribution in [0.1, 0.15) is 15.9 Å². The highest BCUT2D eigenvalue weighted by Gasteiger charge is 2.16. The molecule has 0 saturated heterocycles. The molecule has 0 aliphatic heterocycles. The van der Waals surface area contributed by atoms with Gasteiger partial charge in [-0.2, -0.15) is 0 Å². The van der Waals surface area contributed by atoms with Gasteiger partial charge in [-0.3, -0.25) is 14.9 Å². The molecular weight excluding hydrogens is 354 g/mol. The van der Waals surface area contributed by atoms with Crippen LogP contribution >= 0.6 is 0 Å². The van der Waals surface area contributed by atoms with Gasteiger partial charge < -0.3 is 20.5 Å². The van der Waals surface area contributed by atoms with Crippen molar-refractivity contribution in [2.24, 2.45) is 0 Å². The number of carbonyl (C=O) groups excluding carboxylic acids is 2. The van der Waals surface area contributed by atoms with Crippen LogP contribution < -0.4 is 15.8 Å². The first-order valence-corrected chi connectivity index (χ1v) is 8.01. The molecular formula is C18H19N3O6. The molecule has 0 saturated carbocycles. The molecule has 142 valence electrons. The molecule has 9 heteroatoms. The number of carbonyl (C=O) groups is 2. The van der Waals surface area contributed by atoms with Crippen molar-refractivity contribution >= 4 is 23.3 Å². The van der Waals surface area contributed by atoms with Crippen LogP contribution in [-0.4, -0.2) is 37.1 Å². The Morgan fingerprint density at radius 1 is 1.19 bits per heavy atom. The Labute approximate surface area is 155 Å². The van der Waals surface area contributed by atoms with Gasteiger partial charge in [0.15, 0.2) is 6.61 Å². The topological polar surface area (TPSA) is 134 Å². The fourth-order valence-corrected chi connectivity index (χ4v) is 2.25. The Balaban J connectivity index is 1.77. The first-order chi connectivity index (χ1) is 12.9. The minimum atomic E-state index is -0.826. The number of benzene rings is 2. The molecule has 0 aromatic heterocycles. The summed E-state index contributed by atoms with van der Waals surface area (Å²) in [5.74, 6) is -0.537. The highest BCUT2D eigenvalue weighted by molar-refractivity contribution is 5.96. The molecule has 0 atom stereocenters. The lowest BCUT2D eigenvalue weighted by Crippen LogP contribution is -2.30. The van der Waals surface area contributed by atoms with Crippen molar-refractivity contribution in [3.8, 4) is 5.75 Å². The monoisotopic (exact) mass is 373 g/mol. The number of non-ortho nitro benzene ring substituents is 1. The molecule has 0 aliphatic carbocycles. The molecule has 0 fully saturated rings. The van der Waals surface area contributed by atoms with Crippen LogP contribution in [-0.2, 0) is 16.0 Å². The van der Waals surface area contributed by atoms with Crippen LogP contribution in [0.15, 0.2) is 42.5 Å². The highest BCUT2D eigenvalue weighted by atomic mass is 16.6. The highest BCUT2D eigenvalue weighted by Crippen LogP contribution is 2.20. The fraction of sp³-hybridized carbons (Fsp3) is 0.222. The van der Waals surface area contributed by atoms with Crippen molar-refractivity contribution in [2.45, 2.75) is 6.42 Å². The van der Waals surface area contributed by atoms with E-state index < -0.39 is 23.4 Å². The number of amides is 1. The number of nitrogen functional groups attached to an aromatic ring is 1. The van der Waals surface area contributed by atoms with Gasteiger partial charge in [0.1, 0.15) is 5.75 Å². The molecule has 0 heterocycles. The number of nitrogens with two attached hydrogens (primary N) is 1. The summed E-state index contributed by atoms with van der Waals surface area (Å²) in [6, 6.07) is 10.8. The van der Waals surface area contributed by atoms with E-state index in [1.54, 1.807) is 7.11 Å². The molecule has 0 aliphatic rings. The summed E-state index contributed by atoms with van der Waals surface area (Å²) in [4.78, 5) is 33.7. The quantitative estimate of drug-likeness (QED) is 0.311. The largest absolute Gasteiger partial charge is 0.497 e. The van der Waals surface area contributed by atoms with Gasteiger partial charge in [-0.15, -0.1) is 0 Å². The standard InChI is InChI=1S/C18H19N3O6/c1-26-14-5-2-12(3-6-14)8-9-20-17(22)11-27-18(23)15-7-4-13(21(24)25)10-16(15)19/h2-7,10H,8-9,11,19H2,1H3,(H,20,22). The average Bonchev–Trinajstić information content (AvgIpc) is 2.66. The normalized spacial score (nSPS) is 10.1. The van der Waals surface area contributed by atoms with Gasteiger partial charge in [0.25, 0.3) is 11.6 Å². The number of anilines is 1. The van der Waals surface area contributed by atoms with Crippen molar-refractivity contribution in [1.29, 1.82) is 0 Å². The van der Waals surface area contributed by atoms with Crippen molar-refractivity contribution in [3.63, 3.8) is 0 Å². The predicted octanol–water partition coefficient (Wildman–Crippen LogP) is 1.70. The lowest BCUT2D eigenvalue weighted by atomic mass is 10.1. The van der Waals surface area contributed by atoms with Crippen molar-refractivity contribution in [3.05, 3.63) is 63.7 Å². The molecule has 27 heavy (non-hydrogen) atoms. The third-order valence-electron chi connectivity index (χ3n) is 3.70. The number of esters is 1. The minimum absolute atomic E-state index is 0.0355. The molecule has 9 nitrogen and oxygen atoms in total. The molecule has 0 unspecified atom stereocenters. The van der Waals surface area contributed by atoms with Crippen LogP contribution in [0.25, 0.3) is 0 Å². The summed E-state index contributed by atoms with van der Waals surface area (Å²) in [7, 11) is 1.58. The first kappa shape index (κ1) is 19.7. The number of nitro groups is 1. The summed E-state index contributed by atoms with van der Waals surface area (Å²) >= 11 is 0. The Morgan fingerprint density at radius 3 is 2.48 bits per heavy atom. The number of nitro benzene ring substituents is 1. The maximum atomic E-state index is 11.9. The molecule has 3 N–H and O–H groups in total. The second-order valence-electron chi connectivity index (χ2n) is 5.55. The molecule has 2 aromatic rings. The summed E-state index contributed by atoms with van der Waals surface area (Å²) in [5.41, 5.74) is 6.28. The van der Waals surface area contributed by atoms with E-state index in [0.717, 1.165) is 23.4 Å². The molecule has 2 rings (SSSR count). The van der Waals surface area contributed by atoms with Gasteiger partial charge in [-0.25, -0.2) is 4.79 Å². The Morgan fingerprint density at radius 2 is 1.89 bits per heavy atom. The molecule has 1 amide bonds. The zero-order valence-electron chi connectivity index (χ0n) is 14.6. The smallest absolute Gasteiger partial charge is 0.340 e. The van der Waals surface area contributed by atoms with E-state index in [0.29, 0.717) is 13.0 Å². The Hall–Kier alpha value is -3.62. The number of ether oxygens (including phenoxy) is 2. The third kappa shape index (κ3) is 5.70. The minimum Gasteiger partial charge on any atom is -0.497 e. The van der Waals surface area contributed by atoms with Crippen LogP contribution in [0.2, 0.25) is 0 Å². The summed E-state index contributed by atoms with van der Waals surface area (Å²) in [6.45, 7) is -0.0970. The molecule has 2 aromatic carbocycles. The number of nitrogens with one attached hydrogen (secondary N) is 1. The Bertz CT molecular complexity index is 835. The molecule has 0 bridgehead atoms. The van der Waals surface area contributed by atoms with E-state index in [2.05, 4.69) is 5.32 Å². The SMILES string of the molecule is COc1ccc(CCNC(=O)COC(=O)c2ccc([N+](=O)[O-])cc2N)cc1. The summed E-state index contributed by atoms with van der Waals surface area (Å²) < 4.78 is 9.96. The van der Waals surface area contributed by atoms with Crippen LogP contribution in [0, 0.1) is 10.1 Å². The van der Waals surface area contributed by atoms with Crippen LogP contribution in [0.3, 0.4) is 0 Å². The van der Waals surface area contributed by atoms with Crippen molar-refractivity contribution in [1.82, 2.24) is 5.32 Å². The molecule has 0 radical (unpaired) electrons. The fourth-order valence-electron chi connectivity index (χ4n) is 2.25. The van der Waals surface area contributed by atoms with E-state index in [1.807, 2.05) is 24.3 Å². The van der Waals surface area contributed by atoms with E-state index in [9.17, 15) is 19.7 Å².